The number of benzene rings is 1. The summed E-state index contributed by atoms with van der Waals surface area (Å²) in [6, 6.07) is 4.15. The molecule has 0 atom stereocenters. The van der Waals surface area contributed by atoms with Gasteiger partial charge in [0.1, 0.15) is 4.99 Å². The number of nitrogens with two attached hydrogens (primary N) is 1. The van der Waals surface area contributed by atoms with Crippen LogP contribution >= 0.6 is 12.2 Å². The summed E-state index contributed by atoms with van der Waals surface area (Å²) >= 11 is 4.69. The molecule has 0 saturated heterocycles. The Morgan fingerprint density at radius 3 is 2.15 bits per heavy atom. The van der Waals surface area contributed by atoms with E-state index >= 15 is 0 Å². The average Bonchev–Trinajstić information content (AvgIpc) is 2.36. The van der Waals surface area contributed by atoms with E-state index in [0.29, 0.717) is 5.69 Å². The predicted molar refractivity (Wildman–Crippen MR) is 80.1 cm³/mol. The Morgan fingerprint density at radius 2 is 1.75 bits per heavy atom. The number of hydrogen-bond donors (Lipinski definition) is 1. The van der Waals surface area contributed by atoms with Crippen molar-refractivity contribution >= 4 is 22.9 Å². The van der Waals surface area contributed by atoms with Gasteiger partial charge in [0.25, 0.3) is 0 Å². The molecule has 0 aliphatic carbocycles. The summed E-state index contributed by atoms with van der Waals surface area (Å²) in [4.78, 5) is 1.71. The largest absolute Gasteiger partial charge is 0.417 e. The van der Waals surface area contributed by atoms with Crippen molar-refractivity contribution in [2.24, 2.45) is 5.73 Å². The Hall–Kier alpha value is -1.30. The minimum atomic E-state index is -4.46. The molecular weight excluding hydrogens is 285 g/mol. The van der Waals surface area contributed by atoms with E-state index in [-0.39, 0.29) is 10.6 Å². The predicted octanol–water partition coefficient (Wildman–Crippen LogP) is 3.97. The normalized spacial score (nSPS) is 11.4. The van der Waals surface area contributed by atoms with Gasteiger partial charge in [-0.1, -0.05) is 26.1 Å². The molecule has 0 spiro atoms. The molecule has 0 saturated carbocycles. The standard InChI is InChI=1S/C14H19F3N2S/c1-3-7-19(8-4-2)10-5-6-11(13(18)20)12(9-10)14(15,16)17/h5-6,9H,3-4,7-8H2,1-2H3,(H2,18,20). The number of nitrogens with zero attached hydrogens (tertiary/aromatic N) is 1. The van der Waals surface area contributed by atoms with Gasteiger partial charge in [-0.2, -0.15) is 13.2 Å². The SMILES string of the molecule is CCCN(CCC)c1ccc(C(N)=S)c(C(F)(F)F)c1. The average molecular weight is 304 g/mol. The lowest BCUT2D eigenvalue weighted by Gasteiger charge is -2.25. The first-order valence-corrected chi connectivity index (χ1v) is 6.98. The van der Waals surface area contributed by atoms with E-state index in [1.165, 1.54) is 6.07 Å². The molecule has 2 N–H and O–H groups in total. The van der Waals surface area contributed by atoms with Gasteiger partial charge in [-0.25, -0.2) is 0 Å². The van der Waals surface area contributed by atoms with Crippen LogP contribution in [0.25, 0.3) is 0 Å². The Bertz CT molecular complexity index is 466. The summed E-state index contributed by atoms with van der Waals surface area (Å²) in [5.41, 5.74) is 5.04. The summed E-state index contributed by atoms with van der Waals surface area (Å²) in [6.45, 7) is 5.43. The van der Waals surface area contributed by atoms with Crippen LogP contribution in [0.2, 0.25) is 0 Å². The molecule has 0 heterocycles. The van der Waals surface area contributed by atoms with Crippen molar-refractivity contribution in [3.05, 3.63) is 29.3 Å². The molecule has 112 valence electrons. The van der Waals surface area contributed by atoms with E-state index < -0.39 is 11.7 Å². The molecule has 2 nitrogen and oxygen atoms in total. The Balaban J connectivity index is 3.27. The van der Waals surface area contributed by atoms with E-state index in [0.717, 1.165) is 32.0 Å². The molecule has 0 unspecified atom stereocenters. The zero-order valence-electron chi connectivity index (χ0n) is 11.6. The summed E-state index contributed by atoms with van der Waals surface area (Å²) < 4.78 is 39.3. The van der Waals surface area contributed by atoms with Crippen molar-refractivity contribution in [3.63, 3.8) is 0 Å². The van der Waals surface area contributed by atoms with Gasteiger partial charge in [-0.05, 0) is 31.0 Å². The van der Waals surface area contributed by atoms with Crippen LogP contribution in [0.4, 0.5) is 18.9 Å². The smallest absolute Gasteiger partial charge is 0.389 e. The number of thiocarbonyl (C=S) groups is 1. The fraction of sp³-hybridized carbons (Fsp3) is 0.500. The first kappa shape index (κ1) is 16.8. The van der Waals surface area contributed by atoms with Crippen molar-refractivity contribution in [1.82, 2.24) is 0 Å². The summed E-state index contributed by atoms with van der Waals surface area (Å²) in [5, 5.41) is 0. The molecular formula is C14H19F3N2S. The molecule has 0 aliphatic rings. The maximum atomic E-state index is 13.1. The Kier molecular flexibility index (Phi) is 5.80. The Morgan fingerprint density at radius 1 is 1.20 bits per heavy atom. The number of alkyl halides is 3. The molecule has 0 fully saturated rings. The lowest BCUT2D eigenvalue weighted by Crippen LogP contribution is -2.26. The second-order valence-corrected chi connectivity index (χ2v) is 5.02. The Labute approximate surface area is 122 Å². The lowest BCUT2D eigenvalue weighted by atomic mass is 10.1. The van der Waals surface area contributed by atoms with Gasteiger partial charge >= 0.3 is 6.18 Å². The van der Waals surface area contributed by atoms with Crippen molar-refractivity contribution < 1.29 is 13.2 Å². The quantitative estimate of drug-likeness (QED) is 0.806. The highest BCUT2D eigenvalue weighted by molar-refractivity contribution is 7.80. The third-order valence-electron chi connectivity index (χ3n) is 2.93. The molecule has 0 bridgehead atoms. The van der Waals surface area contributed by atoms with Gasteiger partial charge in [-0.3, -0.25) is 0 Å². The molecule has 1 rings (SSSR count). The van der Waals surface area contributed by atoms with Crippen LogP contribution in [-0.2, 0) is 6.18 Å². The second kappa shape index (κ2) is 6.92. The summed E-state index contributed by atoms with van der Waals surface area (Å²) in [5.74, 6) is 0. The third-order valence-corrected chi connectivity index (χ3v) is 3.15. The lowest BCUT2D eigenvalue weighted by molar-refractivity contribution is -0.137. The number of halogens is 3. The van der Waals surface area contributed by atoms with Crippen LogP contribution < -0.4 is 10.6 Å². The van der Waals surface area contributed by atoms with Gasteiger partial charge in [-0.15, -0.1) is 0 Å². The third kappa shape index (κ3) is 4.10. The molecule has 0 aromatic heterocycles. The number of anilines is 1. The van der Waals surface area contributed by atoms with E-state index in [1.807, 2.05) is 18.7 Å². The molecule has 6 heteroatoms. The van der Waals surface area contributed by atoms with E-state index in [1.54, 1.807) is 6.07 Å². The van der Waals surface area contributed by atoms with Crippen LogP contribution in [0, 0.1) is 0 Å². The fourth-order valence-corrected chi connectivity index (χ4v) is 2.27. The zero-order valence-corrected chi connectivity index (χ0v) is 12.4. The second-order valence-electron chi connectivity index (χ2n) is 4.58. The topological polar surface area (TPSA) is 29.3 Å². The molecule has 20 heavy (non-hydrogen) atoms. The fourth-order valence-electron chi connectivity index (χ4n) is 2.09. The van der Waals surface area contributed by atoms with Crippen molar-refractivity contribution in [2.75, 3.05) is 18.0 Å². The summed E-state index contributed by atoms with van der Waals surface area (Å²) in [7, 11) is 0. The molecule has 0 aliphatic heterocycles. The molecule has 0 radical (unpaired) electrons. The van der Waals surface area contributed by atoms with Gasteiger partial charge in [0.05, 0.1) is 5.56 Å². The van der Waals surface area contributed by atoms with Crippen molar-refractivity contribution in [1.29, 1.82) is 0 Å². The first-order chi connectivity index (χ1) is 9.31. The van der Waals surface area contributed by atoms with Crippen LogP contribution in [0.3, 0.4) is 0 Å². The minimum absolute atomic E-state index is 0.121. The zero-order chi connectivity index (χ0) is 15.3. The van der Waals surface area contributed by atoms with Gasteiger partial charge in [0.15, 0.2) is 0 Å². The first-order valence-electron chi connectivity index (χ1n) is 6.57. The van der Waals surface area contributed by atoms with Gasteiger partial charge < -0.3 is 10.6 Å². The maximum absolute atomic E-state index is 13.1. The van der Waals surface area contributed by atoms with E-state index in [9.17, 15) is 13.2 Å². The molecule has 1 aromatic carbocycles. The number of hydrogen-bond acceptors (Lipinski definition) is 2. The highest BCUT2D eigenvalue weighted by Gasteiger charge is 2.34. The van der Waals surface area contributed by atoms with Crippen molar-refractivity contribution in [3.8, 4) is 0 Å². The van der Waals surface area contributed by atoms with Crippen molar-refractivity contribution in [2.45, 2.75) is 32.9 Å². The van der Waals surface area contributed by atoms with E-state index in [4.69, 9.17) is 18.0 Å². The van der Waals surface area contributed by atoms with Crippen LogP contribution in [0.1, 0.15) is 37.8 Å². The molecule has 0 amide bonds. The van der Waals surface area contributed by atoms with Gasteiger partial charge in [0, 0.05) is 24.3 Å². The van der Waals surface area contributed by atoms with Crippen LogP contribution in [0.15, 0.2) is 18.2 Å². The molecule has 1 aromatic rings. The summed E-state index contributed by atoms with van der Waals surface area (Å²) in [6.07, 6.45) is -2.71. The minimum Gasteiger partial charge on any atom is -0.389 e. The maximum Gasteiger partial charge on any atom is 0.417 e. The van der Waals surface area contributed by atoms with Crippen LogP contribution in [0.5, 0.6) is 0 Å². The monoisotopic (exact) mass is 304 g/mol. The van der Waals surface area contributed by atoms with E-state index in [2.05, 4.69) is 0 Å². The number of rotatable bonds is 6. The highest BCUT2D eigenvalue weighted by Crippen LogP contribution is 2.34. The van der Waals surface area contributed by atoms with Gasteiger partial charge in [0.2, 0.25) is 0 Å². The van der Waals surface area contributed by atoms with Crippen LogP contribution in [-0.4, -0.2) is 18.1 Å². The highest BCUT2D eigenvalue weighted by atomic mass is 32.1.